The summed E-state index contributed by atoms with van der Waals surface area (Å²) in [7, 11) is 0. The van der Waals surface area contributed by atoms with Gasteiger partial charge in [0.25, 0.3) is 0 Å². The first kappa shape index (κ1) is 9.21. The molecule has 0 fully saturated rings. The molecule has 14 heavy (non-hydrogen) atoms. The van der Waals surface area contributed by atoms with Crippen LogP contribution in [0.5, 0.6) is 5.75 Å². The fraction of sp³-hybridized carbons (Fsp3) is 0.364. The molecule has 1 atom stereocenters. The first-order valence-corrected chi connectivity index (χ1v) is 4.70. The van der Waals surface area contributed by atoms with Gasteiger partial charge < -0.3 is 9.47 Å². The normalized spacial score (nSPS) is 18.8. The molecular formula is C11H12O3. The quantitative estimate of drug-likeness (QED) is 0.685. The van der Waals surface area contributed by atoms with Crippen molar-refractivity contribution in [2.24, 2.45) is 0 Å². The van der Waals surface area contributed by atoms with E-state index >= 15 is 0 Å². The number of carbonyl (C=O) groups excluding carboxylic acids is 1. The number of hydrogen-bond acceptors (Lipinski definition) is 3. The summed E-state index contributed by atoms with van der Waals surface area (Å²) in [6.45, 7) is 2.57. The molecule has 0 N–H and O–H groups in total. The Labute approximate surface area is 82.6 Å². The maximum atomic E-state index is 10.5. The molecule has 3 nitrogen and oxygen atoms in total. The highest BCUT2D eigenvalue weighted by molar-refractivity contribution is 5.75. The van der Waals surface area contributed by atoms with Crippen LogP contribution < -0.4 is 4.74 Å². The van der Waals surface area contributed by atoms with E-state index in [1.54, 1.807) is 6.07 Å². The molecule has 1 heterocycles. The zero-order valence-corrected chi connectivity index (χ0v) is 8.03. The van der Waals surface area contributed by atoms with Crippen LogP contribution in [0.2, 0.25) is 0 Å². The van der Waals surface area contributed by atoms with Gasteiger partial charge in [-0.3, -0.25) is 4.79 Å². The molecule has 1 unspecified atom stereocenters. The Morgan fingerprint density at radius 1 is 1.64 bits per heavy atom. The van der Waals surface area contributed by atoms with Crippen molar-refractivity contribution in [2.45, 2.75) is 19.6 Å². The summed E-state index contributed by atoms with van der Waals surface area (Å²) in [5.74, 6) is 0.828. The summed E-state index contributed by atoms with van der Waals surface area (Å²) in [5, 5.41) is 0. The predicted molar refractivity (Wildman–Crippen MR) is 51.6 cm³/mol. The van der Waals surface area contributed by atoms with Crippen molar-refractivity contribution in [3.63, 3.8) is 0 Å². The Morgan fingerprint density at radius 3 is 3.21 bits per heavy atom. The molecule has 0 spiro atoms. The van der Waals surface area contributed by atoms with E-state index in [1.165, 1.54) is 0 Å². The number of fused-ring (bicyclic) bond motifs is 1. The molecule has 0 bridgehead atoms. The molecule has 3 heteroatoms. The highest BCUT2D eigenvalue weighted by Gasteiger charge is 2.22. The van der Waals surface area contributed by atoms with Gasteiger partial charge in [-0.15, -0.1) is 0 Å². The molecular weight excluding hydrogens is 180 g/mol. The van der Waals surface area contributed by atoms with Crippen molar-refractivity contribution < 1.29 is 14.3 Å². The molecule has 1 aliphatic rings. The van der Waals surface area contributed by atoms with Gasteiger partial charge in [0.2, 0.25) is 6.29 Å². The van der Waals surface area contributed by atoms with Crippen molar-refractivity contribution in [3.05, 3.63) is 29.3 Å². The maximum absolute atomic E-state index is 10.5. The first-order chi connectivity index (χ1) is 6.83. The molecule has 1 aliphatic heterocycles. The van der Waals surface area contributed by atoms with Crippen LogP contribution in [-0.4, -0.2) is 19.2 Å². The molecule has 1 aromatic carbocycles. The van der Waals surface area contributed by atoms with Gasteiger partial charge in [0.1, 0.15) is 12.0 Å². The van der Waals surface area contributed by atoms with Gasteiger partial charge in [-0.25, -0.2) is 0 Å². The number of aldehydes is 1. The van der Waals surface area contributed by atoms with E-state index in [0.29, 0.717) is 12.2 Å². The Bertz CT molecular complexity index is 346. The minimum Gasteiger partial charge on any atom is -0.464 e. The molecule has 74 valence electrons. The van der Waals surface area contributed by atoms with Crippen LogP contribution in [0.3, 0.4) is 0 Å². The van der Waals surface area contributed by atoms with E-state index in [9.17, 15) is 4.79 Å². The largest absolute Gasteiger partial charge is 0.464 e. The molecule has 0 saturated carbocycles. The van der Waals surface area contributed by atoms with Gasteiger partial charge in [-0.05, 0) is 25.1 Å². The molecule has 2 rings (SSSR count). The van der Waals surface area contributed by atoms with E-state index in [1.807, 2.05) is 19.1 Å². The third-order valence-electron chi connectivity index (χ3n) is 2.22. The highest BCUT2D eigenvalue weighted by atomic mass is 16.7. The number of hydrogen-bond donors (Lipinski definition) is 0. The van der Waals surface area contributed by atoms with Crippen LogP contribution in [0.15, 0.2) is 18.2 Å². The van der Waals surface area contributed by atoms with E-state index < -0.39 is 0 Å². The van der Waals surface area contributed by atoms with Crippen LogP contribution in [0.4, 0.5) is 0 Å². The standard InChI is InChI=1S/C11H12O3/c1-2-13-11-6-9-5-8(7-12)3-4-10(9)14-11/h3-5,7,11H,2,6H2,1H3. The van der Waals surface area contributed by atoms with E-state index in [-0.39, 0.29) is 6.29 Å². The second kappa shape index (κ2) is 3.80. The van der Waals surface area contributed by atoms with Crippen molar-refractivity contribution in [1.82, 2.24) is 0 Å². The summed E-state index contributed by atoms with van der Waals surface area (Å²) in [6, 6.07) is 5.42. The van der Waals surface area contributed by atoms with Crippen LogP contribution in [0.1, 0.15) is 22.8 Å². The molecule has 0 radical (unpaired) electrons. The Hall–Kier alpha value is -1.35. The summed E-state index contributed by atoms with van der Waals surface area (Å²) >= 11 is 0. The van der Waals surface area contributed by atoms with Crippen molar-refractivity contribution in [2.75, 3.05) is 6.61 Å². The zero-order valence-electron chi connectivity index (χ0n) is 8.03. The second-order valence-electron chi connectivity index (χ2n) is 3.19. The zero-order chi connectivity index (χ0) is 9.97. The van der Waals surface area contributed by atoms with Crippen molar-refractivity contribution >= 4 is 6.29 Å². The topological polar surface area (TPSA) is 35.5 Å². The van der Waals surface area contributed by atoms with Gasteiger partial charge in [0.05, 0.1) is 0 Å². The summed E-state index contributed by atoms with van der Waals surface area (Å²) in [6.07, 6.45) is 1.39. The average Bonchev–Trinajstić information content (AvgIpc) is 2.59. The number of benzene rings is 1. The molecule has 0 saturated heterocycles. The Kier molecular flexibility index (Phi) is 2.50. The maximum Gasteiger partial charge on any atom is 0.204 e. The third-order valence-corrected chi connectivity index (χ3v) is 2.22. The SMILES string of the molecule is CCOC1Cc2cc(C=O)ccc2O1. The summed E-state index contributed by atoms with van der Waals surface area (Å²) in [5.41, 5.74) is 1.73. The predicted octanol–water partition coefficient (Wildman–Crippen LogP) is 1.80. The van der Waals surface area contributed by atoms with E-state index in [0.717, 1.165) is 24.0 Å². The lowest BCUT2D eigenvalue weighted by Crippen LogP contribution is -2.16. The summed E-state index contributed by atoms with van der Waals surface area (Å²) in [4.78, 5) is 10.5. The highest BCUT2D eigenvalue weighted by Crippen LogP contribution is 2.29. The first-order valence-electron chi connectivity index (χ1n) is 4.70. The third kappa shape index (κ3) is 1.63. The van der Waals surface area contributed by atoms with Gasteiger partial charge in [-0.1, -0.05) is 0 Å². The average molecular weight is 192 g/mol. The van der Waals surface area contributed by atoms with Gasteiger partial charge in [0, 0.05) is 24.2 Å². The lowest BCUT2D eigenvalue weighted by molar-refractivity contribution is -0.0602. The van der Waals surface area contributed by atoms with Crippen LogP contribution in [0.25, 0.3) is 0 Å². The van der Waals surface area contributed by atoms with Crippen LogP contribution in [0, 0.1) is 0 Å². The van der Waals surface area contributed by atoms with Crippen LogP contribution in [-0.2, 0) is 11.2 Å². The molecule has 0 aliphatic carbocycles. The number of carbonyl (C=O) groups is 1. The fourth-order valence-electron chi connectivity index (χ4n) is 1.59. The van der Waals surface area contributed by atoms with Gasteiger partial charge in [-0.2, -0.15) is 0 Å². The fourth-order valence-corrected chi connectivity index (χ4v) is 1.59. The molecule has 0 amide bonds. The number of rotatable bonds is 3. The Morgan fingerprint density at radius 2 is 2.50 bits per heavy atom. The number of ether oxygens (including phenoxy) is 2. The van der Waals surface area contributed by atoms with Crippen molar-refractivity contribution in [3.8, 4) is 5.75 Å². The van der Waals surface area contributed by atoms with Crippen LogP contribution >= 0.6 is 0 Å². The smallest absolute Gasteiger partial charge is 0.204 e. The Balaban J connectivity index is 2.18. The lowest BCUT2D eigenvalue weighted by atomic mass is 10.1. The lowest BCUT2D eigenvalue weighted by Gasteiger charge is -2.08. The minimum atomic E-state index is -0.183. The van der Waals surface area contributed by atoms with E-state index in [2.05, 4.69) is 0 Å². The van der Waals surface area contributed by atoms with Gasteiger partial charge >= 0.3 is 0 Å². The van der Waals surface area contributed by atoms with Gasteiger partial charge in [0.15, 0.2) is 0 Å². The molecule has 0 aromatic heterocycles. The monoisotopic (exact) mass is 192 g/mol. The minimum absolute atomic E-state index is 0.183. The van der Waals surface area contributed by atoms with E-state index in [4.69, 9.17) is 9.47 Å². The van der Waals surface area contributed by atoms with Crippen molar-refractivity contribution in [1.29, 1.82) is 0 Å². The summed E-state index contributed by atoms with van der Waals surface area (Å²) < 4.78 is 10.9. The second-order valence-corrected chi connectivity index (χ2v) is 3.19. The molecule has 1 aromatic rings.